The third-order valence-electron chi connectivity index (χ3n) is 3.71. The van der Waals surface area contributed by atoms with E-state index in [4.69, 9.17) is 4.74 Å². The molecule has 4 nitrogen and oxygen atoms in total. The van der Waals surface area contributed by atoms with Crippen LogP contribution in [-0.2, 0) is 6.18 Å². The quantitative estimate of drug-likeness (QED) is 0.720. The van der Waals surface area contributed by atoms with Gasteiger partial charge in [-0.3, -0.25) is 4.79 Å². The Labute approximate surface area is 147 Å². The number of pyridine rings is 1. The fourth-order valence-corrected chi connectivity index (χ4v) is 2.58. The molecule has 1 heterocycles. The molecule has 0 saturated heterocycles. The Balaban J connectivity index is 1.99. The Morgan fingerprint density at radius 2 is 1.85 bits per heavy atom. The van der Waals surface area contributed by atoms with Crippen LogP contribution in [0.1, 0.15) is 22.8 Å². The summed E-state index contributed by atoms with van der Waals surface area (Å²) in [7, 11) is 0. The van der Waals surface area contributed by atoms with Gasteiger partial charge >= 0.3 is 6.18 Å². The third kappa shape index (κ3) is 3.61. The number of alkyl halides is 3. The summed E-state index contributed by atoms with van der Waals surface area (Å²) in [5.74, 6) is -0.480. The van der Waals surface area contributed by atoms with E-state index in [1.807, 2.05) is 6.92 Å². The Morgan fingerprint density at radius 3 is 2.58 bits per heavy atom. The molecule has 2 aromatic carbocycles. The predicted molar refractivity (Wildman–Crippen MR) is 92.3 cm³/mol. The summed E-state index contributed by atoms with van der Waals surface area (Å²) < 4.78 is 44.7. The van der Waals surface area contributed by atoms with Gasteiger partial charge in [0.25, 0.3) is 5.91 Å². The zero-order valence-corrected chi connectivity index (χ0v) is 13.8. The normalized spacial score (nSPS) is 11.4. The van der Waals surface area contributed by atoms with Crippen LogP contribution in [0.4, 0.5) is 18.9 Å². The van der Waals surface area contributed by atoms with E-state index in [0.717, 1.165) is 17.5 Å². The number of amides is 1. The minimum atomic E-state index is -4.62. The van der Waals surface area contributed by atoms with E-state index in [-0.39, 0.29) is 0 Å². The van der Waals surface area contributed by atoms with E-state index in [1.165, 1.54) is 12.1 Å². The molecule has 1 aromatic heterocycles. The first-order valence-electron chi connectivity index (χ1n) is 7.90. The Morgan fingerprint density at radius 1 is 1.08 bits per heavy atom. The highest BCUT2D eigenvalue weighted by molar-refractivity contribution is 6.09. The van der Waals surface area contributed by atoms with E-state index >= 15 is 0 Å². The van der Waals surface area contributed by atoms with Crippen molar-refractivity contribution in [2.45, 2.75) is 13.1 Å². The lowest BCUT2D eigenvalue weighted by atomic mass is 10.1. The molecule has 1 N–H and O–H groups in total. The van der Waals surface area contributed by atoms with Crippen LogP contribution in [-0.4, -0.2) is 17.5 Å². The van der Waals surface area contributed by atoms with Crippen molar-refractivity contribution in [2.24, 2.45) is 0 Å². The van der Waals surface area contributed by atoms with Crippen LogP contribution >= 0.6 is 0 Å². The van der Waals surface area contributed by atoms with E-state index in [0.29, 0.717) is 23.7 Å². The maximum atomic E-state index is 13.1. The number of hydrogen-bond donors (Lipinski definition) is 1. The van der Waals surface area contributed by atoms with Crippen molar-refractivity contribution < 1.29 is 22.7 Å². The second-order valence-corrected chi connectivity index (χ2v) is 5.46. The average Bonchev–Trinajstić information content (AvgIpc) is 2.62. The fraction of sp³-hybridized carbons (Fsp3) is 0.158. The van der Waals surface area contributed by atoms with Crippen molar-refractivity contribution in [3.05, 3.63) is 65.7 Å². The summed E-state index contributed by atoms with van der Waals surface area (Å²) in [5, 5.41) is 3.26. The number of anilines is 1. The first-order valence-corrected chi connectivity index (χ1v) is 7.90. The Hall–Kier alpha value is -3.09. The van der Waals surface area contributed by atoms with Crippen LogP contribution in [0.5, 0.6) is 5.88 Å². The number of aromatic nitrogens is 1. The van der Waals surface area contributed by atoms with Gasteiger partial charge in [-0.05, 0) is 31.2 Å². The molecule has 0 aliphatic rings. The first-order chi connectivity index (χ1) is 12.4. The topological polar surface area (TPSA) is 51.2 Å². The van der Waals surface area contributed by atoms with Crippen LogP contribution in [0.25, 0.3) is 10.9 Å². The molecular weight excluding hydrogens is 345 g/mol. The first kappa shape index (κ1) is 17.7. The average molecular weight is 360 g/mol. The van der Waals surface area contributed by atoms with Crippen molar-refractivity contribution in [1.82, 2.24) is 4.98 Å². The standard InChI is InChI=1S/C19H15F3N2O2/c1-2-26-16-11-10-12-6-5-9-15(17(12)24-16)23-18(25)13-7-3-4-8-14(13)19(20,21)22/h3-11H,2H2,1H3,(H,23,25). The molecule has 7 heteroatoms. The summed E-state index contributed by atoms with van der Waals surface area (Å²) in [4.78, 5) is 16.8. The summed E-state index contributed by atoms with van der Waals surface area (Å²) in [6.45, 7) is 2.24. The van der Waals surface area contributed by atoms with Crippen LogP contribution in [0, 0.1) is 0 Å². The van der Waals surface area contributed by atoms with Crippen LogP contribution in [0.3, 0.4) is 0 Å². The molecule has 0 fully saturated rings. The second-order valence-electron chi connectivity index (χ2n) is 5.46. The number of ether oxygens (including phenoxy) is 1. The lowest BCUT2D eigenvalue weighted by molar-refractivity contribution is -0.137. The summed E-state index contributed by atoms with van der Waals surface area (Å²) in [6.07, 6.45) is -4.62. The van der Waals surface area contributed by atoms with Crippen LogP contribution < -0.4 is 10.1 Å². The number of nitrogens with one attached hydrogen (secondary N) is 1. The zero-order chi connectivity index (χ0) is 18.7. The molecule has 0 aliphatic heterocycles. The number of benzene rings is 2. The monoisotopic (exact) mass is 360 g/mol. The number of hydrogen-bond acceptors (Lipinski definition) is 3. The number of para-hydroxylation sites is 1. The van der Waals surface area contributed by atoms with Crippen LogP contribution in [0.2, 0.25) is 0 Å². The number of carbonyl (C=O) groups is 1. The van der Waals surface area contributed by atoms with Gasteiger partial charge < -0.3 is 10.1 Å². The molecule has 0 bridgehead atoms. The van der Waals surface area contributed by atoms with Gasteiger partial charge in [-0.2, -0.15) is 13.2 Å². The number of fused-ring (bicyclic) bond motifs is 1. The lowest BCUT2D eigenvalue weighted by Crippen LogP contribution is -2.18. The highest BCUT2D eigenvalue weighted by atomic mass is 19.4. The number of carbonyl (C=O) groups excluding carboxylic acids is 1. The molecule has 26 heavy (non-hydrogen) atoms. The summed E-state index contributed by atoms with van der Waals surface area (Å²) >= 11 is 0. The molecule has 3 rings (SSSR count). The van der Waals surface area contributed by atoms with Gasteiger partial charge in [-0.1, -0.05) is 24.3 Å². The minimum absolute atomic E-state index is 0.311. The van der Waals surface area contributed by atoms with Crippen molar-refractivity contribution in [1.29, 1.82) is 0 Å². The molecule has 0 spiro atoms. The van der Waals surface area contributed by atoms with Gasteiger partial charge in [-0.25, -0.2) is 4.98 Å². The second kappa shape index (κ2) is 7.03. The molecule has 0 atom stereocenters. The van der Waals surface area contributed by atoms with Crippen molar-refractivity contribution >= 4 is 22.5 Å². The lowest BCUT2D eigenvalue weighted by Gasteiger charge is -2.13. The predicted octanol–water partition coefficient (Wildman–Crippen LogP) is 4.90. The van der Waals surface area contributed by atoms with E-state index in [9.17, 15) is 18.0 Å². The molecule has 3 aromatic rings. The third-order valence-corrected chi connectivity index (χ3v) is 3.71. The Kier molecular flexibility index (Phi) is 4.79. The minimum Gasteiger partial charge on any atom is -0.478 e. The molecule has 0 aliphatic carbocycles. The molecule has 134 valence electrons. The van der Waals surface area contributed by atoms with Crippen molar-refractivity contribution in [2.75, 3.05) is 11.9 Å². The number of rotatable bonds is 4. The summed E-state index contributed by atoms with van der Waals surface area (Å²) in [5.41, 5.74) is -0.680. The molecule has 0 radical (unpaired) electrons. The maximum absolute atomic E-state index is 13.1. The van der Waals surface area contributed by atoms with Gasteiger partial charge in [0.2, 0.25) is 5.88 Å². The highest BCUT2D eigenvalue weighted by Crippen LogP contribution is 2.32. The van der Waals surface area contributed by atoms with Crippen LogP contribution in [0.15, 0.2) is 54.6 Å². The van der Waals surface area contributed by atoms with Gasteiger partial charge in [0.1, 0.15) is 0 Å². The highest BCUT2D eigenvalue weighted by Gasteiger charge is 2.34. The Bertz CT molecular complexity index is 955. The maximum Gasteiger partial charge on any atom is 0.417 e. The smallest absolute Gasteiger partial charge is 0.417 e. The SMILES string of the molecule is CCOc1ccc2cccc(NC(=O)c3ccccc3C(F)(F)F)c2n1. The van der Waals surface area contributed by atoms with Crippen molar-refractivity contribution in [3.8, 4) is 5.88 Å². The zero-order valence-electron chi connectivity index (χ0n) is 13.8. The van der Waals surface area contributed by atoms with E-state index < -0.39 is 23.2 Å². The fourth-order valence-electron chi connectivity index (χ4n) is 2.58. The number of nitrogens with zero attached hydrogens (tertiary/aromatic N) is 1. The molecular formula is C19H15F3N2O2. The number of halogens is 3. The van der Waals surface area contributed by atoms with Crippen molar-refractivity contribution in [3.63, 3.8) is 0 Å². The van der Waals surface area contributed by atoms with Gasteiger partial charge in [-0.15, -0.1) is 0 Å². The largest absolute Gasteiger partial charge is 0.478 e. The van der Waals surface area contributed by atoms with Gasteiger partial charge in [0.15, 0.2) is 0 Å². The van der Waals surface area contributed by atoms with Gasteiger partial charge in [0.05, 0.1) is 28.9 Å². The van der Waals surface area contributed by atoms with E-state index in [1.54, 1.807) is 30.3 Å². The summed E-state index contributed by atoms with van der Waals surface area (Å²) in [6, 6.07) is 13.2. The molecule has 0 unspecified atom stereocenters. The van der Waals surface area contributed by atoms with E-state index in [2.05, 4.69) is 10.3 Å². The molecule has 1 amide bonds. The van der Waals surface area contributed by atoms with Gasteiger partial charge in [0, 0.05) is 11.5 Å². The molecule has 0 saturated carbocycles.